The molecule has 1 aliphatic rings. The van der Waals surface area contributed by atoms with Gasteiger partial charge in [-0.05, 0) is 32.0 Å². The standard InChI is InChI=1S/C17H19N5O3S/c1-10-7-11(2)22(21-10)9-16(24)20-19-15(23)8-14-17(25)18-12-5-3-4-6-13(12)26-14/h3-7,14H,8-9H2,1-2H3,(H,18,25)(H,19,23)(H,20,24)/t14-/m1/s1. The Hall–Kier alpha value is -2.81. The van der Waals surface area contributed by atoms with Crippen LogP contribution in [-0.4, -0.2) is 32.8 Å². The third kappa shape index (κ3) is 4.23. The van der Waals surface area contributed by atoms with E-state index in [-0.39, 0.29) is 18.9 Å². The number of nitrogens with one attached hydrogen (secondary N) is 3. The summed E-state index contributed by atoms with van der Waals surface area (Å²) < 4.78 is 1.55. The summed E-state index contributed by atoms with van der Waals surface area (Å²) in [6.07, 6.45) is -0.0367. The van der Waals surface area contributed by atoms with Gasteiger partial charge in [0.1, 0.15) is 6.54 Å². The minimum Gasteiger partial charge on any atom is -0.324 e. The average Bonchev–Trinajstić information content (AvgIpc) is 2.91. The summed E-state index contributed by atoms with van der Waals surface area (Å²) in [6.45, 7) is 3.70. The van der Waals surface area contributed by atoms with Gasteiger partial charge in [0.15, 0.2) is 0 Å². The number of para-hydroxylation sites is 1. The first-order valence-electron chi connectivity index (χ1n) is 8.07. The first kappa shape index (κ1) is 18.0. The third-order valence-corrected chi connectivity index (χ3v) is 5.09. The zero-order valence-electron chi connectivity index (χ0n) is 14.4. The molecule has 0 radical (unpaired) electrons. The van der Waals surface area contributed by atoms with E-state index in [0.29, 0.717) is 0 Å². The quantitative estimate of drug-likeness (QED) is 0.698. The third-order valence-electron chi connectivity index (χ3n) is 3.82. The molecule has 2 aromatic rings. The van der Waals surface area contributed by atoms with Crippen molar-refractivity contribution < 1.29 is 14.4 Å². The number of fused-ring (bicyclic) bond motifs is 1. The van der Waals surface area contributed by atoms with Crippen molar-refractivity contribution in [1.82, 2.24) is 20.6 Å². The molecule has 3 rings (SSSR count). The number of carbonyl (C=O) groups is 3. The van der Waals surface area contributed by atoms with E-state index in [9.17, 15) is 14.4 Å². The summed E-state index contributed by atoms with van der Waals surface area (Å²) in [5.74, 6) is -1.05. The smallest absolute Gasteiger partial charge is 0.260 e. The molecule has 136 valence electrons. The van der Waals surface area contributed by atoms with Gasteiger partial charge < -0.3 is 5.32 Å². The second-order valence-corrected chi connectivity index (χ2v) is 7.22. The van der Waals surface area contributed by atoms with Crippen molar-refractivity contribution in [2.24, 2.45) is 0 Å². The summed E-state index contributed by atoms with van der Waals surface area (Å²) in [7, 11) is 0. The zero-order valence-corrected chi connectivity index (χ0v) is 15.2. The largest absolute Gasteiger partial charge is 0.324 e. The van der Waals surface area contributed by atoms with Crippen LogP contribution in [0.2, 0.25) is 0 Å². The fourth-order valence-corrected chi connectivity index (χ4v) is 3.71. The fraction of sp³-hybridized carbons (Fsp3) is 0.294. The zero-order chi connectivity index (χ0) is 18.7. The second-order valence-electron chi connectivity index (χ2n) is 5.98. The minimum absolute atomic E-state index is 0.00595. The first-order valence-corrected chi connectivity index (χ1v) is 8.95. The first-order chi connectivity index (χ1) is 12.4. The summed E-state index contributed by atoms with van der Waals surface area (Å²) in [5, 5.41) is 6.43. The van der Waals surface area contributed by atoms with Crippen LogP contribution in [0.5, 0.6) is 0 Å². The van der Waals surface area contributed by atoms with Crippen molar-refractivity contribution in [2.45, 2.75) is 37.0 Å². The second kappa shape index (κ2) is 7.61. The van der Waals surface area contributed by atoms with Gasteiger partial charge in [-0.15, -0.1) is 11.8 Å². The molecule has 2 heterocycles. The molecule has 0 aliphatic carbocycles. The van der Waals surface area contributed by atoms with E-state index in [1.807, 2.05) is 44.2 Å². The molecule has 1 aliphatic heterocycles. The summed E-state index contributed by atoms with van der Waals surface area (Å²) in [5.41, 5.74) is 7.12. The van der Waals surface area contributed by atoms with Crippen molar-refractivity contribution in [2.75, 3.05) is 5.32 Å². The summed E-state index contributed by atoms with van der Waals surface area (Å²) in [4.78, 5) is 37.0. The normalized spacial score (nSPS) is 15.8. The predicted molar refractivity (Wildman–Crippen MR) is 97.3 cm³/mol. The number of carbonyl (C=O) groups excluding carboxylic acids is 3. The highest BCUT2D eigenvalue weighted by molar-refractivity contribution is 8.01. The molecule has 3 amide bonds. The Morgan fingerprint density at radius 2 is 1.96 bits per heavy atom. The molecular weight excluding hydrogens is 354 g/mol. The number of aryl methyl sites for hydroxylation is 2. The highest BCUT2D eigenvalue weighted by atomic mass is 32.2. The number of nitrogens with zero attached hydrogens (tertiary/aromatic N) is 2. The van der Waals surface area contributed by atoms with Crippen LogP contribution in [-0.2, 0) is 20.9 Å². The number of anilines is 1. The van der Waals surface area contributed by atoms with Crippen LogP contribution in [0.3, 0.4) is 0 Å². The minimum atomic E-state index is -0.544. The number of rotatable bonds is 4. The molecule has 8 nitrogen and oxygen atoms in total. The van der Waals surface area contributed by atoms with Crippen LogP contribution in [0.25, 0.3) is 0 Å². The van der Waals surface area contributed by atoms with Crippen LogP contribution in [0, 0.1) is 13.8 Å². The average molecular weight is 373 g/mol. The Bertz CT molecular complexity index is 864. The highest BCUT2D eigenvalue weighted by Gasteiger charge is 2.28. The van der Waals surface area contributed by atoms with Crippen LogP contribution >= 0.6 is 11.8 Å². The van der Waals surface area contributed by atoms with Gasteiger partial charge in [-0.2, -0.15) is 5.10 Å². The maximum absolute atomic E-state index is 12.1. The monoisotopic (exact) mass is 373 g/mol. The molecule has 0 spiro atoms. The van der Waals surface area contributed by atoms with Crippen molar-refractivity contribution in [3.05, 3.63) is 41.7 Å². The molecule has 0 fully saturated rings. The van der Waals surface area contributed by atoms with Crippen LogP contribution in [0.1, 0.15) is 17.8 Å². The molecule has 0 unspecified atom stereocenters. The fourth-order valence-electron chi connectivity index (χ4n) is 2.60. The molecular formula is C17H19N5O3S. The number of aromatic nitrogens is 2. The molecule has 9 heteroatoms. The van der Waals surface area contributed by atoms with Crippen LogP contribution in [0.4, 0.5) is 5.69 Å². The van der Waals surface area contributed by atoms with Gasteiger partial charge in [0.05, 0.1) is 16.6 Å². The van der Waals surface area contributed by atoms with Gasteiger partial charge in [-0.1, -0.05) is 12.1 Å². The maximum atomic E-state index is 12.1. The Morgan fingerprint density at radius 1 is 1.23 bits per heavy atom. The molecule has 0 saturated carbocycles. The molecule has 1 aromatic heterocycles. The number of benzene rings is 1. The van der Waals surface area contributed by atoms with E-state index in [2.05, 4.69) is 21.3 Å². The van der Waals surface area contributed by atoms with E-state index in [1.165, 1.54) is 11.8 Å². The van der Waals surface area contributed by atoms with Gasteiger partial charge in [0.25, 0.3) is 5.91 Å². The SMILES string of the molecule is Cc1cc(C)n(CC(=O)NNC(=O)C[C@H]2Sc3ccccc3NC2=O)n1. The maximum Gasteiger partial charge on any atom is 0.260 e. The lowest BCUT2D eigenvalue weighted by molar-refractivity contribution is -0.129. The predicted octanol–water partition coefficient (Wildman–Crippen LogP) is 1.15. The number of amides is 3. The Balaban J connectivity index is 1.49. The number of hydrazine groups is 1. The number of hydrogen-bond acceptors (Lipinski definition) is 5. The highest BCUT2D eigenvalue weighted by Crippen LogP contribution is 2.36. The topological polar surface area (TPSA) is 105 Å². The van der Waals surface area contributed by atoms with Gasteiger partial charge in [0, 0.05) is 17.0 Å². The summed E-state index contributed by atoms with van der Waals surface area (Å²) in [6, 6.07) is 9.28. The van der Waals surface area contributed by atoms with Crippen LogP contribution in [0.15, 0.2) is 35.2 Å². The van der Waals surface area contributed by atoms with E-state index in [4.69, 9.17) is 0 Å². The van der Waals surface area contributed by atoms with E-state index in [1.54, 1.807) is 4.68 Å². The van der Waals surface area contributed by atoms with Crippen molar-refractivity contribution >= 4 is 35.2 Å². The summed E-state index contributed by atoms with van der Waals surface area (Å²) >= 11 is 1.34. The van der Waals surface area contributed by atoms with E-state index < -0.39 is 17.1 Å². The van der Waals surface area contributed by atoms with Gasteiger partial charge in [0.2, 0.25) is 11.8 Å². The van der Waals surface area contributed by atoms with Crippen molar-refractivity contribution in [1.29, 1.82) is 0 Å². The van der Waals surface area contributed by atoms with Gasteiger partial charge in [-0.25, -0.2) is 0 Å². The molecule has 0 saturated heterocycles. The van der Waals surface area contributed by atoms with Gasteiger partial charge >= 0.3 is 0 Å². The van der Waals surface area contributed by atoms with E-state index >= 15 is 0 Å². The van der Waals surface area contributed by atoms with Crippen molar-refractivity contribution in [3.8, 4) is 0 Å². The molecule has 1 atom stereocenters. The van der Waals surface area contributed by atoms with E-state index in [0.717, 1.165) is 22.0 Å². The Morgan fingerprint density at radius 3 is 2.69 bits per heavy atom. The Kier molecular flexibility index (Phi) is 5.27. The Labute approximate surface area is 154 Å². The number of thioether (sulfide) groups is 1. The van der Waals surface area contributed by atoms with Gasteiger partial charge in [-0.3, -0.25) is 29.9 Å². The lowest BCUT2D eigenvalue weighted by Gasteiger charge is -2.23. The lowest BCUT2D eigenvalue weighted by Crippen LogP contribution is -2.45. The number of hydrogen-bond donors (Lipinski definition) is 3. The molecule has 26 heavy (non-hydrogen) atoms. The molecule has 0 bridgehead atoms. The molecule has 1 aromatic carbocycles. The van der Waals surface area contributed by atoms with Crippen molar-refractivity contribution in [3.63, 3.8) is 0 Å². The molecule has 3 N–H and O–H groups in total. The van der Waals surface area contributed by atoms with Crippen LogP contribution < -0.4 is 16.2 Å². The lowest BCUT2D eigenvalue weighted by atomic mass is 10.2.